The van der Waals surface area contributed by atoms with Gasteiger partial charge in [0.1, 0.15) is 18.1 Å². The molecule has 26 heavy (non-hydrogen) atoms. The zero-order valence-corrected chi connectivity index (χ0v) is 15.4. The van der Waals surface area contributed by atoms with Gasteiger partial charge in [-0.1, -0.05) is 19.1 Å². The van der Waals surface area contributed by atoms with E-state index in [1.807, 2.05) is 31.2 Å². The molecule has 140 valence electrons. The van der Waals surface area contributed by atoms with Crippen molar-refractivity contribution in [1.29, 1.82) is 0 Å². The standard InChI is InChI=1S/C20H25NO5/c1-4-17(26-16-11-9-15(23-2)10-12-16)20(22)21-13-14-25-19-8-6-5-7-18(19)24-3/h5-12,17H,4,13-14H2,1-3H3,(H,21,22)/t17-/m0/s1. The number of hydrogen-bond acceptors (Lipinski definition) is 5. The summed E-state index contributed by atoms with van der Waals surface area (Å²) in [4.78, 5) is 12.3. The molecule has 0 aromatic heterocycles. The molecule has 2 aromatic carbocycles. The summed E-state index contributed by atoms with van der Waals surface area (Å²) in [6.45, 7) is 2.61. The molecule has 1 amide bonds. The fraction of sp³-hybridized carbons (Fsp3) is 0.350. The number of ether oxygens (including phenoxy) is 4. The number of methoxy groups -OCH3 is 2. The predicted molar refractivity (Wildman–Crippen MR) is 99.2 cm³/mol. The highest BCUT2D eigenvalue weighted by Crippen LogP contribution is 2.25. The summed E-state index contributed by atoms with van der Waals surface area (Å²) in [5.41, 5.74) is 0. The molecule has 0 aliphatic rings. The van der Waals surface area contributed by atoms with E-state index in [1.54, 1.807) is 38.5 Å². The van der Waals surface area contributed by atoms with E-state index in [0.29, 0.717) is 36.8 Å². The van der Waals surface area contributed by atoms with Crippen LogP contribution in [0, 0.1) is 0 Å². The molecular weight excluding hydrogens is 334 g/mol. The van der Waals surface area contributed by atoms with Crippen molar-refractivity contribution in [3.05, 3.63) is 48.5 Å². The van der Waals surface area contributed by atoms with E-state index in [1.165, 1.54) is 0 Å². The van der Waals surface area contributed by atoms with Gasteiger partial charge in [-0.05, 0) is 42.8 Å². The Bertz CT molecular complexity index is 687. The van der Waals surface area contributed by atoms with Crippen molar-refractivity contribution >= 4 is 5.91 Å². The topological polar surface area (TPSA) is 66.0 Å². The van der Waals surface area contributed by atoms with Crippen LogP contribution in [0.25, 0.3) is 0 Å². The van der Waals surface area contributed by atoms with Crippen molar-refractivity contribution in [2.45, 2.75) is 19.4 Å². The van der Waals surface area contributed by atoms with Crippen LogP contribution < -0.4 is 24.3 Å². The molecule has 0 fully saturated rings. The number of hydrogen-bond donors (Lipinski definition) is 1. The highest BCUT2D eigenvalue weighted by atomic mass is 16.5. The fourth-order valence-electron chi connectivity index (χ4n) is 2.33. The first kappa shape index (κ1) is 19.4. The van der Waals surface area contributed by atoms with E-state index in [0.717, 1.165) is 5.75 Å². The lowest BCUT2D eigenvalue weighted by molar-refractivity contribution is -0.128. The van der Waals surface area contributed by atoms with Gasteiger partial charge in [-0.3, -0.25) is 4.79 Å². The lowest BCUT2D eigenvalue weighted by atomic mass is 10.2. The Kier molecular flexibility index (Phi) is 7.61. The summed E-state index contributed by atoms with van der Waals surface area (Å²) < 4.78 is 21.7. The van der Waals surface area contributed by atoms with Crippen LogP contribution in [0.4, 0.5) is 0 Å². The summed E-state index contributed by atoms with van der Waals surface area (Å²) in [5, 5.41) is 2.83. The first-order valence-electron chi connectivity index (χ1n) is 8.52. The van der Waals surface area contributed by atoms with Crippen LogP contribution in [0.3, 0.4) is 0 Å². The Morgan fingerprint density at radius 2 is 1.62 bits per heavy atom. The third-order valence-electron chi connectivity index (χ3n) is 3.73. The zero-order chi connectivity index (χ0) is 18.8. The monoisotopic (exact) mass is 359 g/mol. The molecular formula is C20H25NO5. The van der Waals surface area contributed by atoms with Crippen molar-refractivity contribution in [1.82, 2.24) is 5.32 Å². The van der Waals surface area contributed by atoms with Crippen molar-refractivity contribution in [2.75, 3.05) is 27.4 Å². The molecule has 0 aliphatic heterocycles. The van der Waals surface area contributed by atoms with Crippen LogP contribution in [-0.2, 0) is 4.79 Å². The molecule has 0 heterocycles. The molecule has 6 heteroatoms. The highest BCUT2D eigenvalue weighted by Gasteiger charge is 2.18. The fourth-order valence-corrected chi connectivity index (χ4v) is 2.33. The van der Waals surface area contributed by atoms with E-state index >= 15 is 0 Å². The normalized spacial score (nSPS) is 11.3. The molecule has 2 aromatic rings. The van der Waals surface area contributed by atoms with E-state index < -0.39 is 6.10 Å². The molecule has 0 spiro atoms. The van der Waals surface area contributed by atoms with E-state index in [2.05, 4.69) is 5.32 Å². The molecule has 2 rings (SSSR count). The van der Waals surface area contributed by atoms with Crippen molar-refractivity contribution in [3.8, 4) is 23.0 Å². The first-order chi connectivity index (χ1) is 12.7. The number of para-hydroxylation sites is 2. The second-order valence-corrected chi connectivity index (χ2v) is 5.48. The summed E-state index contributed by atoms with van der Waals surface area (Å²) in [6.07, 6.45) is 0.000238. The van der Waals surface area contributed by atoms with Gasteiger partial charge in [0.05, 0.1) is 20.8 Å². The van der Waals surface area contributed by atoms with E-state index in [4.69, 9.17) is 18.9 Å². The molecule has 0 bridgehead atoms. The zero-order valence-electron chi connectivity index (χ0n) is 15.4. The maximum absolute atomic E-state index is 12.3. The second-order valence-electron chi connectivity index (χ2n) is 5.48. The lowest BCUT2D eigenvalue weighted by Crippen LogP contribution is -2.39. The van der Waals surface area contributed by atoms with E-state index in [-0.39, 0.29) is 5.91 Å². The molecule has 1 atom stereocenters. The van der Waals surface area contributed by atoms with Crippen LogP contribution in [-0.4, -0.2) is 39.4 Å². The van der Waals surface area contributed by atoms with Gasteiger partial charge < -0.3 is 24.3 Å². The molecule has 0 saturated carbocycles. The summed E-state index contributed by atoms with van der Waals surface area (Å²) in [7, 11) is 3.19. The van der Waals surface area contributed by atoms with Crippen molar-refractivity contribution in [3.63, 3.8) is 0 Å². The Morgan fingerprint density at radius 1 is 0.962 bits per heavy atom. The van der Waals surface area contributed by atoms with Crippen LogP contribution in [0.15, 0.2) is 48.5 Å². The molecule has 0 aliphatic carbocycles. The Balaban J connectivity index is 1.79. The average Bonchev–Trinajstić information content (AvgIpc) is 2.69. The van der Waals surface area contributed by atoms with Gasteiger partial charge in [0.15, 0.2) is 17.6 Å². The number of amides is 1. The van der Waals surface area contributed by atoms with Crippen LogP contribution in [0.1, 0.15) is 13.3 Å². The predicted octanol–water partition coefficient (Wildman–Crippen LogP) is 3.06. The van der Waals surface area contributed by atoms with Crippen LogP contribution >= 0.6 is 0 Å². The lowest BCUT2D eigenvalue weighted by Gasteiger charge is -2.18. The summed E-state index contributed by atoms with van der Waals surface area (Å²) >= 11 is 0. The molecule has 0 radical (unpaired) electrons. The minimum atomic E-state index is -0.561. The number of benzene rings is 2. The minimum absolute atomic E-state index is 0.174. The third-order valence-corrected chi connectivity index (χ3v) is 3.73. The SMILES string of the molecule is CC[C@H](Oc1ccc(OC)cc1)C(=O)NCCOc1ccccc1OC. The smallest absolute Gasteiger partial charge is 0.261 e. The van der Waals surface area contributed by atoms with Crippen molar-refractivity contribution < 1.29 is 23.7 Å². The van der Waals surface area contributed by atoms with Gasteiger partial charge in [0, 0.05) is 0 Å². The van der Waals surface area contributed by atoms with E-state index in [9.17, 15) is 4.79 Å². The molecule has 1 N–H and O–H groups in total. The Labute approximate surface area is 154 Å². The largest absolute Gasteiger partial charge is 0.497 e. The molecule has 0 unspecified atom stereocenters. The number of carbonyl (C=O) groups is 1. The summed E-state index contributed by atoms with van der Waals surface area (Å²) in [5.74, 6) is 2.49. The van der Waals surface area contributed by atoms with Gasteiger partial charge in [0.25, 0.3) is 5.91 Å². The average molecular weight is 359 g/mol. The van der Waals surface area contributed by atoms with Gasteiger partial charge in [0.2, 0.25) is 0 Å². The maximum atomic E-state index is 12.3. The molecule has 0 saturated heterocycles. The van der Waals surface area contributed by atoms with Gasteiger partial charge in [-0.2, -0.15) is 0 Å². The van der Waals surface area contributed by atoms with Gasteiger partial charge in [-0.25, -0.2) is 0 Å². The Hall–Kier alpha value is -2.89. The Morgan fingerprint density at radius 3 is 2.23 bits per heavy atom. The van der Waals surface area contributed by atoms with Crippen molar-refractivity contribution in [2.24, 2.45) is 0 Å². The van der Waals surface area contributed by atoms with Crippen LogP contribution in [0.5, 0.6) is 23.0 Å². The highest BCUT2D eigenvalue weighted by molar-refractivity contribution is 5.81. The molecule has 6 nitrogen and oxygen atoms in total. The minimum Gasteiger partial charge on any atom is -0.497 e. The number of carbonyl (C=O) groups excluding carboxylic acids is 1. The first-order valence-corrected chi connectivity index (χ1v) is 8.52. The quantitative estimate of drug-likeness (QED) is 0.661. The third kappa shape index (κ3) is 5.58. The van der Waals surface area contributed by atoms with Gasteiger partial charge >= 0.3 is 0 Å². The number of rotatable bonds is 10. The second kappa shape index (κ2) is 10.2. The summed E-state index contributed by atoms with van der Waals surface area (Å²) in [6, 6.07) is 14.5. The van der Waals surface area contributed by atoms with Gasteiger partial charge in [-0.15, -0.1) is 0 Å². The number of nitrogens with one attached hydrogen (secondary N) is 1. The maximum Gasteiger partial charge on any atom is 0.261 e. The van der Waals surface area contributed by atoms with Crippen LogP contribution in [0.2, 0.25) is 0 Å².